The molecule has 0 aliphatic heterocycles. The summed E-state index contributed by atoms with van der Waals surface area (Å²) in [5.74, 6) is -0.743. The largest absolute Gasteiger partial charge is 0.508 e. The Morgan fingerprint density at radius 2 is 1.95 bits per heavy atom. The number of phenolic OH excluding ortho intramolecular Hbond substituents is 2. The van der Waals surface area contributed by atoms with Crippen molar-refractivity contribution in [1.29, 1.82) is 0 Å². The van der Waals surface area contributed by atoms with Gasteiger partial charge in [-0.2, -0.15) is 0 Å². The van der Waals surface area contributed by atoms with Gasteiger partial charge in [-0.3, -0.25) is 10.1 Å². The van der Waals surface area contributed by atoms with Gasteiger partial charge in [0.2, 0.25) is 0 Å². The number of anilines is 1. The number of nitrogens with one attached hydrogen (secondary N) is 1. The minimum atomic E-state index is -0.628. The highest BCUT2D eigenvalue weighted by Crippen LogP contribution is 2.33. The Morgan fingerprint density at radius 3 is 2.62 bits per heavy atom. The van der Waals surface area contributed by atoms with Crippen molar-refractivity contribution in [2.75, 3.05) is 5.32 Å². The highest BCUT2D eigenvalue weighted by Gasteiger charge is 2.18. The number of nitrogens with zero attached hydrogens (tertiary/aromatic N) is 1. The van der Waals surface area contributed by atoms with Gasteiger partial charge in [-0.1, -0.05) is 0 Å². The molecule has 0 aromatic heterocycles. The van der Waals surface area contributed by atoms with Crippen LogP contribution < -0.4 is 5.32 Å². The number of aromatic hydroxyl groups is 2. The van der Waals surface area contributed by atoms with Gasteiger partial charge in [-0.25, -0.2) is 4.39 Å². The van der Waals surface area contributed by atoms with E-state index in [2.05, 4.69) is 5.32 Å². The maximum atomic E-state index is 13.3. The van der Waals surface area contributed by atoms with E-state index in [4.69, 9.17) is 0 Å². The maximum Gasteiger partial charge on any atom is 0.292 e. The van der Waals surface area contributed by atoms with Crippen molar-refractivity contribution in [1.82, 2.24) is 0 Å². The molecule has 0 fully saturated rings. The summed E-state index contributed by atoms with van der Waals surface area (Å²) < 4.78 is 13.3. The van der Waals surface area contributed by atoms with Crippen LogP contribution in [-0.4, -0.2) is 15.1 Å². The minimum absolute atomic E-state index is 0.00440. The molecule has 0 radical (unpaired) electrons. The fourth-order valence-electron chi connectivity index (χ4n) is 1.98. The molecule has 0 saturated carbocycles. The van der Waals surface area contributed by atoms with Gasteiger partial charge >= 0.3 is 0 Å². The van der Waals surface area contributed by atoms with E-state index in [1.807, 2.05) is 0 Å². The molecule has 3 N–H and O–H groups in total. The molecular weight excluding hydrogens is 279 g/mol. The number of phenols is 2. The number of rotatable bonds is 4. The van der Waals surface area contributed by atoms with Crippen molar-refractivity contribution >= 4 is 11.4 Å². The Morgan fingerprint density at radius 1 is 1.24 bits per heavy atom. The zero-order valence-corrected chi connectivity index (χ0v) is 11.1. The summed E-state index contributed by atoms with van der Waals surface area (Å²) in [6.45, 7) is 1.63. The molecule has 2 aromatic carbocycles. The smallest absolute Gasteiger partial charge is 0.292 e. The molecule has 0 aliphatic rings. The molecule has 0 saturated heterocycles. The summed E-state index contributed by atoms with van der Waals surface area (Å²) in [7, 11) is 0. The molecule has 1 atom stereocenters. The average Bonchev–Trinajstić information content (AvgIpc) is 2.41. The first-order valence-electron chi connectivity index (χ1n) is 6.11. The van der Waals surface area contributed by atoms with Crippen molar-refractivity contribution in [3.63, 3.8) is 0 Å². The molecule has 0 bridgehead atoms. The zero-order valence-electron chi connectivity index (χ0n) is 11.1. The van der Waals surface area contributed by atoms with E-state index in [0.717, 1.165) is 18.2 Å². The first kappa shape index (κ1) is 14.6. The Bertz CT molecular complexity index is 691. The van der Waals surface area contributed by atoms with Crippen molar-refractivity contribution in [2.45, 2.75) is 13.0 Å². The van der Waals surface area contributed by atoms with Gasteiger partial charge in [0, 0.05) is 17.7 Å². The van der Waals surface area contributed by atoms with E-state index in [0.29, 0.717) is 5.56 Å². The van der Waals surface area contributed by atoms with Crippen LogP contribution in [0, 0.1) is 15.9 Å². The van der Waals surface area contributed by atoms with Gasteiger partial charge in [-0.15, -0.1) is 0 Å². The zero-order chi connectivity index (χ0) is 15.6. The molecule has 0 amide bonds. The molecular formula is C14H13FN2O4. The number of hydrogen-bond donors (Lipinski definition) is 3. The van der Waals surface area contributed by atoms with E-state index in [1.165, 1.54) is 18.2 Å². The van der Waals surface area contributed by atoms with Crippen LogP contribution in [0.5, 0.6) is 11.5 Å². The summed E-state index contributed by atoms with van der Waals surface area (Å²) in [5.41, 5.74) is 0.0618. The Balaban J connectivity index is 2.35. The summed E-state index contributed by atoms with van der Waals surface area (Å²) in [4.78, 5) is 10.3. The molecule has 0 aliphatic carbocycles. The van der Waals surface area contributed by atoms with Gasteiger partial charge in [0.25, 0.3) is 5.69 Å². The van der Waals surface area contributed by atoms with Crippen LogP contribution in [0.2, 0.25) is 0 Å². The topological polar surface area (TPSA) is 95.6 Å². The molecule has 2 aromatic rings. The van der Waals surface area contributed by atoms with Crippen LogP contribution in [-0.2, 0) is 0 Å². The molecule has 21 heavy (non-hydrogen) atoms. The molecule has 2 rings (SSSR count). The fraction of sp³-hybridized carbons (Fsp3) is 0.143. The van der Waals surface area contributed by atoms with Gasteiger partial charge in [0.05, 0.1) is 11.0 Å². The Labute approximate surface area is 119 Å². The number of nitro groups is 1. The molecule has 6 nitrogen and oxygen atoms in total. The minimum Gasteiger partial charge on any atom is -0.508 e. The van der Waals surface area contributed by atoms with E-state index in [-0.39, 0.29) is 22.9 Å². The fourth-order valence-corrected chi connectivity index (χ4v) is 1.98. The lowest BCUT2D eigenvalue weighted by Gasteiger charge is -2.17. The average molecular weight is 292 g/mol. The lowest BCUT2D eigenvalue weighted by atomic mass is 10.1. The summed E-state index contributed by atoms with van der Waals surface area (Å²) in [6.07, 6.45) is 0. The first-order chi connectivity index (χ1) is 9.88. The molecule has 0 heterocycles. The van der Waals surface area contributed by atoms with Gasteiger partial charge < -0.3 is 15.5 Å². The lowest BCUT2D eigenvalue weighted by Crippen LogP contribution is -2.09. The quantitative estimate of drug-likeness (QED) is 0.456. The second kappa shape index (κ2) is 5.66. The third-order valence-electron chi connectivity index (χ3n) is 3.00. The van der Waals surface area contributed by atoms with E-state index < -0.39 is 16.8 Å². The van der Waals surface area contributed by atoms with Crippen molar-refractivity contribution < 1.29 is 19.5 Å². The van der Waals surface area contributed by atoms with Crippen molar-refractivity contribution in [3.05, 3.63) is 57.9 Å². The van der Waals surface area contributed by atoms with Crippen LogP contribution in [0.25, 0.3) is 0 Å². The third kappa shape index (κ3) is 3.19. The van der Waals surface area contributed by atoms with Crippen molar-refractivity contribution in [2.24, 2.45) is 0 Å². The van der Waals surface area contributed by atoms with E-state index in [9.17, 15) is 24.7 Å². The molecule has 7 heteroatoms. The SMILES string of the molecule is CC(Nc1cc(F)ccc1[N+](=O)[O-])c1cc(O)ccc1O. The van der Waals surface area contributed by atoms with E-state index >= 15 is 0 Å². The maximum absolute atomic E-state index is 13.3. The van der Waals surface area contributed by atoms with E-state index in [1.54, 1.807) is 6.92 Å². The van der Waals surface area contributed by atoms with Crippen LogP contribution >= 0.6 is 0 Å². The number of hydrogen-bond acceptors (Lipinski definition) is 5. The highest BCUT2D eigenvalue weighted by atomic mass is 19.1. The lowest BCUT2D eigenvalue weighted by molar-refractivity contribution is -0.384. The van der Waals surface area contributed by atoms with Gasteiger partial charge in [0.15, 0.2) is 0 Å². The molecule has 1 unspecified atom stereocenters. The Hall–Kier alpha value is -2.83. The Kier molecular flexibility index (Phi) is 3.93. The number of nitro benzene ring substituents is 1. The van der Waals surface area contributed by atoms with Crippen molar-refractivity contribution in [3.8, 4) is 11.5 Å². The highest BCUT2D eigenvalue weighted by molar-refractivity contribution is 5.62. The predicted octanol–water partition coefficient (Wildman–Crippen LogP) is 3.32. The van der Waals surface area contributed by atoms with Gasteiger partial charge in [0.1, 0.15) is 23.0 Å². The van der Waals surface area contributed by atoms with Crippen LogP contribution in [0.1, 0.15) is 18.5 Å². The van der Waals surface area contributed by atoms with Crippen LogP contribution in [0.3, 0.4) is 0 Å². The standard InChI is InChI=1S/C14H13FN2O4/c1-8(11-7-10(18)3-5-14(11)19)16-12-6-9(15)2-4-13(12)17(20)21/h2-8,16,18-19H,1H3. The predicted molar refractivity (Wildman–Crippen MR) is 74.9 cm³/mol. The summed E-state index contributed by atoms with van der Waals surface area (Å²) in [5, 5.41) is 32.9. The first-order valence-corrected chi connectivity index (χ1v) is 6.11. The summed E-state index contributed by atoms with van der Waals surface area (Å²) >= 11 is 0. The number of halogens is 1. The normalized spacial score (nSPS) is 11.9. The molecule has 110 valence electrons. The second-order valence-electron chi connectivity index (χ2n) is 4.53. The second-order valence-corrected chi connectivity index (χ2v) is 4.53. The molecule has 0 spiro atoms. The summed E-state index contributed by atoms with van der Waals surface area (Å²) in [6, 6.07) is 6.45. The van der Waals surface area contributed by atoms with Crippen LogP contribution in [0.15, 0.2) is 36.4 Å². The monoisotopic (exact) mass is 292 g/mol. The van der Waals surface area contributed by atoms with Gasteiger partial charge in [-0.05, 0) is 31.2 Å². The third-order valence-corrected chi connectivity index (χ3v) is 3.00. The van der Waals surface area contributed by atoms with Crippen LogP contribution in [0.4, 0.5) is 15.8 Å². The number of benzene rings is 2.